The smallest absolute Gasteiger partial charge is 0.204 e. The van der Waals surface area contributed by atoms with Crippen molar-refractivity contribution in [3.8, 4) is 0 Å². The molecule has 18 heavy (non-hydrogen) atoms. The van der Waals surface area contributed by atoms with Gasteiger partial charge in [-0.05, 0) is 12.1 Å². The summed E-state index contributed by atoms with van der Waals surface area (Å²) in [5.74, 6) is 0.391. The molecule has 0 fully saturated rings. The van der Waals surface area contributed by atoms with Crippen molar-refractivity contribution in [3.05, 3.63) is 24.3 Å². The average Bonchev–Trinajstić information content (AvgIpc) is 2.91. The number of aromatic nitrogens is 1. The molecule has 7 nitrogen and oxygen atoms in total. The van der Waals surface area contributed by atoms with E-state index in [-0.39, 0.29) is 11.7 Å². The van der Waals surface area contributed by atoms with Crippen molar-refractivity contribution in [3.63, 3.8) is 0 Å². The van der Waals surface area contributed by atoms with Crippen molar-refractivity contribution in [1.82, 2.24) is 4.98 Å². The Kier molecular flexibility index (Phi) is 2.41. The van der Waals surface area contributed by atoms with Gasteiger partial charge in [0.2, 0.25) is 5.13 Å². The van der Waals surface area contributed by atoms with Gasteiger partial charge in [-0.3, -0.25) is 5.43 Å². The lowest BCUT2D eigenvalue weighted by Gasteiger charge is -1.97. The number of thiazole rings is 1. The Morgan fingerprint density at radius 3 is 2.56 bits per heavy atom. The maximum Gasteiger partial charge on any atom is 0.204 e. The zero-order valence-corrected chi connectivity index (χ0v) is 9.98. The number of hydrogen-bond acceptors (Lipinski definition) is 8. The monoisotopic (exact) mass is 259 g/mol. The van der Waals surface area contributed by atoms with Gasteiger partial charge in [-0.2, -0.15) is 5.10 Å². The molecule has 0 saturated carbocycles. The van der Waals surface area contributed by atoms with E-state index in [9.17, 15) is 0 Å². The fraction of sp³-hybridized carbons (Fsp3) is 0. The molecule has 1 aromatic heterocycles. The van der Waals surface area contributed by atoms with Crippen molar-refractivity contribution >= 4 is 44.1 Å². The first-order chi connectivity index (χ1) is 8.74. The van der Waals surface area contributed by atoms with Crippen LogP contribution in [-0.2, 0) is 0 Å². The lowest BCUT2D eigenvalue weighted by atomic mass is 10.3. The van der Waals surface area contributed by atoms with Gasteiger partial charge in [-0.1, -0.05) is 23.5 Å². The van der Waals surface area contributed by atoms with Crippen LogP contribution in [0, 0.1) is 0 Å². The third-order valence-electron chi connectivity index (χ3n) is 2.31. The Morgan fingerprint density at radius 1 is 1.11 bits per heavy atom. The molecule has 0 saturated heterocycles. The molecule has 0 radical (unpaired) electrons. The highest BCUT2D eigenvalue weighted by Crippen LogP contribution is 2.25. The number of anilines is 1. The van der Waals surface area contributed by atoms with E-state index in [0.717, 1.165) is 10.2 Å². The van der Waals surface area contributed by atoms with Gasteiger partial charge >= 0.3 is 0 Å². The highest BCUT2D eigenvalue weighted by atomic mass is 32.1. The van der Waals surface area contributed by atoms with Crippen LogP contribution in [0.2, 0.25) is 0 Å². The van der Waals surface area contributed by atoms with Gasteiger partial charge in [-0.25, -0.2) is 4.98 Å². The summed E-state index contributed by atoms with van der Waals surface area (Å²) in [4.78, 5) is 4.36. The van der Waals surface area contributed by atoms with E-state index in [1.165, 1.54) is 11.3 Å². The minimum Gasteiger partial charge on any atom is -0.380 e. The van der Waals surface area contributed by atoms with Crippen molar-refractivity contribution in [1.29, 1.82) is 0 Å². The second-order valence-corrected chi connectivity index (χ2v) is 4.56. The van der Waals surface area contributed by atoms with Crippen LogP contribution >= 0.6 is 11.3 Å². The van der Waals surface area contributed by atoms with Gasteiger partial charge in [0.05, 0.1) is 10.2 Å². The topological polar surface area (TPSA) is 114 Å². The van der Waals surface area contributed by atoms with Gasteiger partial charge < -0.3 is 11.5 Å². The summed E-state index contributed by atoms with van der Waals surface area (Å²) in [6.07, 6.45) is 0. The van der Waals surface area contributed by atoms with Crippen molar-refractivity contribution in [2.75, 3.05) is 5.43 Å². The van der Waals surface area contributed by atoms with Crippen LogP contribution in [-0.4, -0.2) is 22.4 Å². The number of nitrogens with zero attached hydrogens (tertiary/aromatic N) is 4. The first-order valence-corrected chi connectivity index (χ1v) is 5.92. The first kappa shape index (κ1) is 10.7. The first-order valence-electron chi connectivity index (χ1n) is 5.10. The minimum atomic E-state index is 0.195. The lowest BCUT2D eigenvalue weighted by molar-refractivity contribution is 1.25. The summed E-state index contributed by atoms with van der Waals surface area (Å²) in [5, 5.41) is 12.0. The van der Waals surface area contributed by atoms with Gasteiger partial charge in [0.15, 0.2) is 17.4 Å². The maximum atomic E-state index is 5.58. The zero-order chi connectivity index (χ0) is 12.5. The fourth-order valence-corrected chi connectivity index (χ4v) is 2.28. The molecule has 0 bridgehead atoms. The molecule has 2 aromatic rings. The Labute approximate surface area is 106 Å². The zero-order valence-electron chi connectivity index (χ0n) is 9.16. The molecule has 8 heteroatoms. The third-order valence-corrected chi connectivity index (χ3v) is 3.25. The van der Waals surface area contributed by atoms with E-state index in [2.05, 4.69) is 25.7 Å². The quantitative estimate of drug-likeness (QED) is 0.689. The number of benzene rings is 1. The number of nitrogens with one attached hydrogen (secondary N) is 1. The number of para-hydroxylation sites is 1. The molecule has 0 aliphatic carbocycles. The normalized spacial score (nSPS) is 14.6. The second-order valence-electron chi connectivity index (χ2n) is 3.53. The Bertz CT molecular complexity index is 644. The molecule has 0 amide bonds. The van der Waals surface area contributed by atoms with Gasteiger partial charge in [-0.15, -0.1) is 10.2 Å². The molecule has 0 unspecified atom stereocenters. The predicted octanol–water partition coefficient (Wildman–Crippen LogP) is 0.707. The molecule has 0 spiro atoms. The summed E-state index contributed by atoms with van der Waals surface area (Å²) < 4.78 is 1.08. The fourth-order valence-electron chi connectivity index (χ4n) is 1.47. The van der Waals surface area contributed by atoms with Gasteiger partial charge in [0, 0.05) is 0 Å². The summed E-state index contributed by atoms with van der Waals surface area (Å²) >= 11 is 1.49. The van der Waals surface area contributed by atoms with Crippen LogP contribution in [0.4, 0.5) is 5.13 Å². The van der Waals surface area contributed by atoms with Crippen molar-refractivity contribution in [2.45, 2.75) is 0 Å². The van der Waals surface area contributed by atoms with Crippen LogP contribution in [0.3, 0.4) is 0 Å². The summed E-state index contributed by atoms with van der Waals surface area (Å²) in [6.45, 7) is 0. The molecule has 1 aliphatic heterocycles. The molecule has 5 N–H and O–H groups in total. The van der Waals surface area contributed by atoms with Crippen molar-refractivity contribution < 1.29 is 0 Å². The SMILES string of the molecule is NC1=NN=C(N)C1=NNc1nc2ccccc2s1. The number of rotatable bonds is 2. The molecular weight excluding hydrogens is 250 g/mol. The molecular formula is C10H9N7S. The molecule has 90 valence electrons. The maximum absolute atomic E-state index is 5.58. The van der Waals surface area contributed by atoms with Crippen LogP contribution in [0.1, 0.15) is 0 Å². The van der Waals surface area contributed by atoms with Crippen LogP contribution in [0.5, 0.6) is 0 Å². The Balaban J connectivity index is 1.87. The standard InChI is InChI=1S/C10H9N7S/c11-8-7(9(12)16-15-8)14-17-10-13-5-3-1-2-4-6(5)18-10/h1-4H,(H,13,17)(H4,11,12,14,15,16). The third kappa shape index (κ3) is 1.78. The summed E-state index contributed by atoms with van der Waals surface area (Å²) in [5.41, 5.74) is 15.2. The Hall–Kier alpha value is -2.48. The largest absolute Gasteiger partial charge is 0.380 e. The van der Waals surface area contributed by atoms with E-state index in [0.29, 0.717) is 10.8 Å². The molecule has 2 heterocycles. The van der Waals surface area contributed by atoms with E-state index >= 15 is 0 Å². The van der Waals surface area contributed by atoms with Crippen LogP contribution in [0.25, 0.3) is 10.2 Å². The number of fused-ring (bicyclic) bond motifs is 1. The summed E-state index contributed by atoms with van der Waals surface area (Å²) in [7, 11) is 0. The molecule has 3 rings (SSSR count). The Morgan fingerprint density at radius 2 is 1.83 bits per heavy atom. The van der Waals surface area contributed by atoms with Crippen LogP contribution in [0.15, 0.2) is 39.6 Å². The average molecular weight is 259 g/mol. The van der Waals surface area contributed by atoms with Gasteiger partial charge in [0.1, 0.15) is 0 Å². The van der Waals surface area contributed by atoms with E-state index in [4.69, 9.17) is 11.5 Å². The number of hydrazone groups is 1. The highest BCUT2D eigenvalue weighted by Gasteiger charge is 2.16. The highest BCUT2D eigenvalue weighted by molar-refractivity contribution is 7.22. The van der Waals surface area contributed by atoms with E-state index in [1.54, 1.807) is 0 Å². The van der Waals surface area contributed by atoms with Crippen molar-refractivity contribution in [2.24, 2.45) is 26.8 Å². The molecule has 1 aromatic carbocycles. The number of amidine groups is 2. The predicted molar refractivity (Wildman–Crippen MR) is 73.9 cm³/mol. The lowest BCUT2D eigenvalue weighted by Crippen LogP contribution is -2.32. The van der Waals surface area contributed by atoms with E-state index in [1.807, 2.05) is 24.3 Å². The second kappa shape index (κ2) is 4.08. The summed E-state index contributed by atoms with van der Waals surface area (Å²) in [6, 6.07) is 7.82. The van der Waals surface area contributed by atoms with Gasteiger partial charge in [0.25, 0.3) is 0 Å². The molecule has 1 aliphatic rings. The number of nitrogens with two attached hydrogens (primary N) is 2. The minimum absolute atomic E-state index is 0.195. The molecule has 0 atom stereocenters. The van der Waals surface area contributed by atoms with Crippen LogP contribution < -0.4 is 16.9 Å². The number of hydrogen-bond donors (Lipinski definition) is 3. The van der Waals surface area contributed by atoms with E-state index < -0.39 is 0 Å².